The first-order chi connectivity index (χ1) is 7.93. The molecule has 1 unspecified atom stereocenters. The molecule has 17 heavy (non-hydrogen) atoms. The second-order valence-electron chi connectivity index (χ2n) is 4.36. The van der Waals surface area contributed by atoms with E-state index in [9.17, 15) is 8.42 Å². The predicted octanol–water partition coefficient (Wildman–Crippen LogP) is 1.57. The largest absolute Gasteiger partial charge is 0.497 e. The molecule has 0 N–H and O–H groups in total. The third-order valence-corrected chi connectivity index (χ3v) is 4.61. The summed E-state index contributed by atoms with van der Waals surface area (Å²) in [6, 6.07) is 5.72. The van der Waals surface area contributed by atoms with Crippen molar-refractivity contribution < 1.29 is 13.2 Å². The molecule has 1 aromatic carbocycles. The fraction of sp³-hybridized carbons (Fsp3) is 0.500. The second-order valence-corrected chi connectivity index (χ2v) is 6.30. The van der Waals surface area contributed by atoms with Gasteiger partial charge in [-0.25, -0.2) is 8.42 Å². The van der Waals surface area contributed by atoms with Gasteiger partial charge in [0.15, 0.2) is 0 Å². The van der Waals surface area contributed by atoms with E-state index in [2.05, 4.69) is 0 Å². The topological polar surface area (TPSA) is 46.6 Å². The molecule has 4 nitrogen and oxygen atoms in total. The fourth-order valence-electron chi connectivity index (χ4n) is 2.37. The van der Waals surface area contributed by atoms with Crippen LogP contribution in [0.2, 0.25) is 0 Å². The van der Waals surface area contributed by atoms with Gasteiger partial charge >= 0.3 is 0 Å². The predicted molar refractivity (Wildman–Crippen MR) is 66.7 cm³/mol. The third-order valence-electron chi connectivity index (χ3n) is 3.26. The Labute approximate surface area is 102 Å². The molecule has 94 valence electrons. The first-order valence-corrected chi connectivity index (χ1v) is 7.42. The molecule has 0 radical (unpaired) electrons. The number of hydrogen-bond acceptors (Lipinski definition) is 3. The van der Waals surface area contributed by atoms with Gasteiger partial charge in [-0.2, -0.15) is 4.31 Å². The molecule has 5 heteroatoms. The second kappa shape index (κ2) is 4.31. The van der Waals surface area contributed by atoms with Crippen molar-refractivity contribution in [3.8, 4) is 5.75 Å². The monoisotopic (exact) mass is 255 g/mol. The summed E-state index contributed by atoms with van der Waals surface area (Å²) in [5.74, 6) is 0.823. The highest BCUT2D eigenvalue weighted by molar-refractivity contribution is 7.88. The highest BCUT2D eigenvalue weighted by atomic mass is 32.2. The summed E-state index contributed by atoms with van der Waals surface area (Å²) in [6.07, 6.45) is 2.00. The summed E-state index contributed by atoms with van der Waals surface area (Å²) in [7, 11) is -1.50. The van der Waals surface area contributed by atoms with Gasteiger partial charge in [-0.3, -0.25) is 0 Å². The van der Waals surface area contributed by atoms with Crippen molar-refractivity contribution in [1.29, 1.82) is 0 Å². The number of ether oxygens (including phenoxy) is 1. The van der Waals surface area contributed by atoms with Gasteiger partial charge in [0.05, 0.1) is 13.4 Å². The number of rotatable bonds is 2. The molecule has 2 rings (SSSR count). The van der Waals surface area contributed by atoms with Crippen molar-refractivity contribution in [2.24, 2.45) is 0 Å². The molecule has 1 aliphatic heterocycles. The Balaban J connectivity index is 2.40. The summed E-state index contributed by atoms with van der Waals surface area (Å²) in [5, 5.41) is 0. The van der Waals surface area contributed by atoms with Crippen molar-refractivity contribution in [2.75, 3.05) is 19.9 Å². The molecule has 1 aromatic rings. The molecule has 0 saturated carbocycles. The summed E-state index contributed by atoms with van der Waals surface area (Å²) >= 11 is 0. The highest BCUT2D eigenvalue weighted by Crippen LogP contribution is 2.32. The Morgan fingerprint density at radius 1 is 1.41 bits per heavy atom. The molecule has 0 fully saturated rings. The summed E-state index contributed by atoms with van der Waals surface area (Å²) in [5.41, 5.74) is 2.25. The maximum atomic E-state index is 11.6. The molecular weight excluding hydrogens is 238 g/mol. The van der Waals surface area contributed by atoms with Gasteiger partial charge in [0, 0.05) is 12.6 Å². The lowest BCUT2D eigenvalue weighted by atomic mass is 9.95. The van der Waals surface area contributed by atoms with E-state index in [0.29, 0.717) is 6.54 Å². The van der Waals surface area contributed by atoms with Crippen molar-refractivity contribution in [2.45, 2.75) is 19.4 Å². The van der Waals surface area contributed by atoms with Crippen LogP contribution in [0.1, 0.15) is 24.1 Å². The zero-order valence-electron chi connectivity index (χ0n) is 10.3. The van der Waals surface area contributed by atoms with Gasteiger partial charge in [-0.1, -0.05) is 6.07 Å². The van der Waals surface area contributed by atoms with Crippen molar-refractivity contribution in [3.05, 3.63) is 29.3 Å². The minimum absolute atomic E-state index is 0.0975. The number of nitrogens with zero attached hydrogens (tertiary/aromatic N) is 1. The smallest absolute Gasteiger partial charge is 0.211 e. The molecule has 0 spiro atoms. The first kappa shape index (κ1) is 12.4. The normalized spacial score (nSPS) is 21.0. The van der Waals surface area contributed by atoms with Gasteiger partial charge in [0.25, 0.3) is 0 Å². The van der Waals surface area contributed by atoms with Crippen molar-refractivity contribution in [3.63, 3.8) is 0 Å². The van der Waals surface area contributed by atoms with Gasteiger partial charge in [0.2, 0.25) is 10.0 Å². The lowest BCUT2D eigenvalue weighted by Gasteiger charge is -2.33. The van der Waals surface area contributed by atoms with E-state index in [4.69, 9.17) is 4.74 Å². The summed E-state index contributed by atoms with van der Waals surface area (Å²) in [6.45, 7) is 2.46. The van der Waals surface area contributed by atoms with Crippen LogP contribution in [0, 0.1) is 0 Å². The molecule has 1 aliphatic rings. The molecule has 0 bridgehead atoms. The average Bonchev–Trinajstić information content (AvgIpc) is 2.27. The molecule has 0 saturated heterocycles. The van der Waals surface area contributed by atoms with Crippen LogP contribution in [0.4, 0.5) is 0 Å². The minimum Gasteiger partial charge on any atom is -0.497 e. The van der Waals surface area contributed by atoms with Crippen LogP contribution >= 0.6 is 0 Å². The molecular formula is C12H17NO3S. The van der Waals surface area contributed by atoms with Crippen LogP contribution < -0.4 is 4.74 Å². The van der Waals surface area contributed by atoms with Crippen LogP contribution in [0.25, 0.3) is 0 Å². The Hall–Kier alpha value is -1.07. The van der Waals surface area contributed by atoms with Gasteiger partial charge in [0.1, 0.15) is 5.75 Å². The van der Waals surface area contributed by atoms with E-state index in [0.717, 1.165) is 17.7 Å². The average molecular weight is 255 g/mol. The van der Waals surface area contributed by atoms with E-state index in [1.807, 2.05) is 25.1 Å². The van der Waals surface area contributed by atoms with E-state index in [-0.39, 0.29) is 6.04 Å². The minimum atomic E-state index is -3.13. The first-order valence-electron chi connectivity index (χ1n) is 5.57. The molecule has 0 aromatic heterocycles. The van der Waals surface area contributed by atoms with E-state index >= 15 is 0 Å². The Kier molecular flexibility index (Phi) is 3.14. The standard InChI is InChI=1S/C12H17NO3S/c1-9-12-5-4-11(16-2)8-10(12)6-7-13(9)17(3,14)15/h4-5,8-9H,6-7H2,1-3H3. The fourth-order valence-corrected chi connectivity index (χ4v) is 3.48. The third kappa shape index (κ3) is 2.30. The van der Waals surface area contributed by atoms with Crippen LogP contribution in [-0.2, 0) is 16.4 Å². The maximum absolute atomic E-state index is 11.6. The van der Waals surface area contributed by atoms with Crippen LogP contribution in [0.15, 0.2) is 18.2 Å². The SMILES string of the molecule is COc1ccc2c(c1)CCN(S(C)(=O)=O)C2C. The number of fused-ring (bicyclic) bond motifs is 1. The van der Waals surface area contributed by atoms with Crippen LogP contribution in [0.5, 0.6) is 5.75 Å². The van der Waals surface area contributed by atoms with Crippen LogP contribution in [0.3, 0.4) is 0 Å². The number of methoxy groups -OCH3 is 1. The summed E-state index contributed by atoms with van der Waals surface area (Å²) < 4.78 is 30.0. The van der Waals surface area contributed by atoms with E-state index in [1.165, 1.54) is 11.8 Å². The number of sulfonamides is 1. The highest BCUT2D eigenvalue weighted by Gasteiger charge is 2.29. The lowest BCUT2D eigenvalue weighted by molar-refractivity contribution is 0.327. The quantitative estimate of drug-likeness (QED) is 0.806. The zero-order chi connectivity index (χ0) is 12.6. The van der Waals surface area contributed by atoms with Crippen molar-refractivity contribution in [1.82, 2.24) is 4.31 Å². The van der Waals surface area contributed by atoms with Crippen LogP contribution in [-0.4, -0.2) is 32.6 Å². The molecule has 1 atom stereocenters. The summed E-state index contributed by atoms with van der Waals surface area (Å²) in [4.78, 5) is 0. The van der Waals surface area contributed by atoms with Gasteiger partial charge in [-0.15, -0.1) is 0 Å². The Morgan fingerprint density at radius 3 is 2.71 bits per heavy atom. The van der Waals surface area contributed by atoms with Gasteiger partial charge < -0.3 is 4.74 Å². The van der Waals surface area contributed by atoms with E-state index in [1.54, 1.807) is 11.4 Å². The zero-order valence-corrected chi connectivity index (χ0v) is 11.1. The molecule has 1 heterocycles. The maximum Gasteiger partial charge on any atom is 0.211 e. The molecule has 0 aliphatic carbocycles. The van der Waals surface area contributed by atoms with Crippen molar-refractivity contribution >= 4 is 10.0 Å². The van der Waals surface area contributed by atoms with E-state index < -0.39 is 10.0 Å². The van der Waals surface area contributed by atoms with Gasteiger partial charge in [-0.05, 0) is 36.6 Å². The Bertz CT molecular complexity index is 525. The number of benzene rings is 1. The Morgan fingerprint density at radius 2 is 2.12 bits per heavy atom. The number of hydrogen-bond donors (Lipinski definition) is 0. The molecule has 0 amide bonds. The lowest BCUT2D eigenvalue weighted by Crippen LogP contribution is -2.38.